The molecule has 1 fully saturated rings. The highest BCUT2D eigenvalue weighted by Crippen LogP contribution is 2.28. The van der Waals surface area contributed by atoms with E-state index >= 15 is 0 Å². The average Bonchev–Trinajstić information content (AvgIpc) is 2.48. The normalized spacial score (nSPS) is 27.1. The molecule has 2 rings (SSSR count). The summed E-state index contributed by atoms with van der Waals surface area (Å²) < 4.78 is 5.20. The van der Waals surface area contributed by atoms with Crippen LogP contribution in [0.2, 0.25) is 0 Å². The second-order valence-electron chi connectivity index (χ2n) is 6.28. The molecule has 1 heterocycles. The first-order valence-electron chi connectivity index (χ1n) is 7.66. The van der Waals surface area contributed by atoms with E-state index in [9.17, 15) is 0 Å². The Morgan fingerprint density at radius 3 is 2.40 bits per heavy atom. The van der Waals surface area contributed by atoms with E-state index in [1.165, 1.54) is 12.0 Å². The summed E-state index contributed by atoms with van der Waals surface area (Å²) in [7, 11) is 1.69. The number of rotatable bonds is 4. The number of likely N-dealkylation sites (tertiary alicyclic amines) is 1. The number of hydrogen-bond donors (Lipinski definition) is 1. The Morgan fingerprint density at radius 2 is 1.85 bits per heavy atom. The van der Waals surface area contributed by atoms with Gasteiger partial charge in [-0.25, -0.2) is 0 Å². The van der Waals surface area contributed by atoms with Gasteiger partial charge in [-0.15, -0.1) is 0 Å². The number of ether oxygens (including phenoxy) is 1. The molecule has 1 aromatic carbocycles. The van der Waals surface area contributed by atoms with Crippen LogP contribution >= 0.6 is 0 Å². The van der Waals surface area contributed by atoms with Crippen LogP contribution in [0.15, 0.2) is 24.3 Å². The van der Waals surface area contributed by atoms with Crippen LogP contribution in [0.3, 0.4) is 0 Å². The molecule has 1 aliphatic rings. The molecule has 3 nitrogen and oxygen atoms in total. The number of methoxy groups -OCH3 is 1. The fourth-order valence-corrected chi connectivity index (χ4v) is 3.00. The second kappa shape index (κ2) is 6.59. The van der Waals surface area contributed by atoms with Crippen LogP contribution in [0.5, 0.6) is 5.75 Å². The third-order valence-electron chi connectivity index (χ3n) is 4.96. The molecule has 1 saturated heterocycles. The molecule has 4 atom stereocenters. The van der Waals surface area contributed by atoms with E-state index in [1.807, 2.05) is 12.1 Å². The molecule has 0 amide bonds. The van der Waals surface area contributed by atoms with Gasteiger partial charge in [0.15, 0.2) is 0 Å². The average molecular weight is 276 g/mol. The molecule has 0 radical (unpaired) electrons. The van der Waals surface area contributed by atoms with Crippen LogP contribution in [0.1, 0.15) is 38.8 Å². The van der Waals surface area contributed by atoms with Crippen molar-refractivity contribution in [1.29, 1.82) is 0 Å². The van der Waals surface area contributed by atoms with Gasteiger partial charge in [0.05, 0.1) is 7.11 Å². The minimum Gasteiger partial charge on any atom is -0.497 e. The van der Waals surface area contributed by atoms with Crippen molar-refractivity contribution in [1.82, 2.24) is 4.90 Å². The van der Waals surface area contributed by atoms with Gasteiger partial charge in [-0.3, -0.25) is 4.90 Å². The molecule has 1 aromatic rings. The summed E-state index contributed by atoms with van der Waals surface area (Å²) in [6, 6.07) is 8.57. The quantitative estimate of drug-likeness (QED) is 0.918. The third kappa shape index (κ3) is 3.33. The number of nitrogens with zero attached hydrogens (tertiary/aromatic N) is 1. The van der Waals surface area contributed by atoms with Crippen molar-refractivity contribution < 1.29 is 4.74 Å². The molecule has 4 unspecified atom stereocenters. The smallest absolute Gasteiger partial charge is 0.118 e. The van der Waals surface area contributed by atoms with E-state index in [4.69, 9.17) is 10.5 Å². The summed E-state index contributed by atoms with van der Waals surface area (Å²) in [4.78, 5) is 2.54. The molecule has 2 N–H and O–H groups in total. The van der Waals surface area contributed by atoms with E-state index < -0.39 is 0 Å². The molecule has 0 spiro atoms. The lowest BCUT2D eigenvalue weighted by atomic mass is 9.87. The molecule has 0 saturated carbocycles. The van der Waals surface area contributed by atoms with Gasteiger partial charge in [0, 0.05) is 18.6 Å². The minimum atomic E-state index is 0.0570. The number of benzene rings is 1. The van der Waals surface area contributed by atoms with Crippen LogP contribution in [-0.2, 0) is 0 Å². The van der Waals surface area contributed by atoms with Crippen molar-refractivity contribution in [2.75, 3.05) is 20.2 Å². The summed E-state index contributed by atoms with van der Waals surface area (Å²) in [6.45, 7) is 9.28. The molecule has 1 aliphatic heterocycles. The third-order valence-corrected chi connectivity index (χ3v) is 4.96. The highest BCUT2D eigenvalue weighted by atomic mass is 16.5. The summed E-state index contributed by atoms with van der Waals surface area (Å²) in [5, 5.41) is 0. The summed E-state index contributed by atoms with van der Waals surface area (Å²) >= 11 is 0. The Kier molecular flexibility index (Phi) is 5.06. The van der Waals surface area contributed by atoms with Crippen LogP contribution in [0, 0.1) is 11.8 Å². The molecule has 20 heavy (non-hydrogen) atoms. The van der Waals surface area contributed by atoms with Crippen molar-refractivity contribution >= 4 is 0 Å². The zero-order valence-electron chi connectivity index (χ0n) is 13.2. The Hall–Kier alpha value is -1.06. The first kappa shape index (κ1) is 15.3. The Morgan fingerprint density at radius 1 is 1.20 bits per heavy atom. The first-order chi connectivity index (χ1) is 9.52. The highest BCUT2D eigenvalue weighted by Gasteiger charge is 2.28. The fraction of sp³-hybridized carbons (Fsp3) is 0.647. The van der Waals surface area contributed by atoms with Gasteiger partial charge < -0.3 is 10.5 Å². The van der Waals surface area contributed by atoms with Crippen molar-refractivity contribution in [3.8, 4) is 5.75 Å². The minimum absolute atomic E-state index is 0.0570. The standard InChI is InChI=1S/C17H28N2O/c1-12-9-10-19(11-13(12)2)14(3)17(18)15-5-7-16(20-4)8-6-15/h5-8,12-14,17H,9-11,18H2,1-4H3. The predicted molar refractivity (Wildman–Crippen MR) is 83.9 cm³/mol. The van der Waals surface area contributed by atoms with E-state index in [1.54, 1.807) is 7.11 Å². The monoisotopic (exact) mass is 276 g/mol. The lowest BCUT2D eigenvalue weighted by Gasteiger charge is -2.41. The van der Waals surface area contributed by atoms with Crippen LogP contribution in [0.25, 0.3) is 0 Å². The van der Waals surface area contributed by atoms with Crippen molar-refractivity contribution in [2.24, 2.45) is 17.6 Å². The van der Waals surface area contributed by atoms with Crippen LogP contribution in [0.4, 0.5) is 0 Å². The maximum Gasteiger partial charge on any atom is 0.118 e. The van der Waals surface area contributed by atoms with E-state index in [-0.39, 0.29) is 6.04 Å². The van der Waals surface area contributed by atoms with Gasteiger partial charge in [-0.1, -0.05) is 26.0 Å². The Balaban J connectivity index is 2.02. The number of hydrogen-bond acceptors (Lipinski definition) is 3. The van der Waals surface area contributed by atoms with E-state index in [2.05, 4.69) is 37.8 Å². The zero-order chi connectivity index (χ0) is 14.7. The Bertz CT molecular complexity index is 418. The second-order valence-corrected chi connectivity index (χ2v) is 6.28. The maximum absolute atomic E-state index is 6.46. The first-order valence-corrected chi connectivity index (χ1v) is 7.66. The number of nitrogens with two attached hydrogens (primary N) is 1. The maximum atomic E-state index is 6.46. The van der Waals surface area contributed by atoms with Crippen molar-refractivity contribution in [2.45, 2.75) is 39.3 Å². The SMILES string of the molecule is COc1ccc(C(N)C(C)N2CCC(C)C(C)C2)cc1. The van der Waals surface area contributed by atoms with Crippen LogP contribution in [-0.4, -0.2) is 31.1 Å². The lowest BCUT2D eigenvalue weighted by molar-refractivity contribution is 0.0908. The molecule has 0 aromatic heterocycles. The molecule has 0 aliphatic carbocycles. The fourth-order valence-electron chi connectivity index (χ4n) is 3.00. The Labute approximate surface area is 123 Å². The van der Waals surface area contributed by atoms with Crippen molar-refractivity contribution in [3.63, 3.8) is 0 Å². The zero-order valence-corrected chi connectivity index (χ0v) is 13.2. The van der Waals surface area contributed by atoms with Gasteiger partial charge in [0.1, 0.15) is 5.75 Å². The van der Waals surface area contributed by atoms with Crippen molar-refractivity contribution in [3.05, 3.63) is 29.8 Å². The van der Waals surface area contributed by atoms with Gasteiger partial charge in [0.2, 0.25) is 0 Å². The van der Waals surface area contributed by atoms with Gasteiger partial charge in [0.25, 0.3) is 0 Å². The largest absolute Gasteiger partial charge is 0.497 e. The lowest BCUT2D eigenvalue weighted by Crippen LogP contribution is -2.47. The van der Waals surface area contributed by atoms with Gasteiger partial charge >= 0.3 is 0 Å². The molecule has 3 heteroatoms. The van der Waals surface area contributed by atoms with E-state index in [0.717, 1.165) is 30.7 Å². The summed E-state index contributed by atoms with van der Waals surface area (Å²) in [5.41, 5.74) is 7.64. The topological polar surface area (TPSA) is 38.5 Å². The van der Waals surface area contributed by atoms with Gasteiger partial charge in [-0.2, -0.15) is 0 Å². The summed E-state index contributed by atoms with van der Waals surface area (Å²) in [6.07, 6.45) is 1.28. The molecular formula is C17H28N2O. The van der Waals surface area contributed by atoms with E-state index in [0.29, 0.717) is 6.04 Å². The number of piperidine rings is 1. The predicted octanol–water partition coefficient (Wildman–Crippen LogP) is 3.06. The highest BCUT2D eigenvalue weighted by molar-refractivity contribution is 5.29. The molecule has 112 valence electrons. The molecular weight excluding hydrogens is 248 g/mol. The van der Waals surface area contributed by atoms with Gasteiger partial charge in [-0.05, 0) is 49.4 Å². The summed E-state index contributed by atoms with van der Waals surface area (Å²) in [5.74, 6) is 2.47. The van der Waals surface area contributed by atoms with Crippen LogP contribution < -0.4 is 10.5 Å². The molecule has 0 bridgehead atoms.